The number of ether oxygens (including phenoxy) is 2. The smallest absolute Gasteiger partial charge is 0.254 e. The third kappa shape index (κ3) is 3.32. The minimum atomic E-state index is -3.46. The van der Waals surface area contributed by atoms with E-state index in [1.54, 1.807) is 36.4 Å². The number of sulfone groups is 1. The van der Waals surface area contributed by atoms with E-state index in [0.717, 1.165) is 0 Å². The van der Waals surface area contributed by atoms with Crippen LogP contribution in [0.4, 0.5) is 0 Å². The zero-order valence-electron chi connectivity index (χ0n) is 14.0. The van der Waals surface area contributed by atoms with Gasteiger partial charge in [0.15, 0.2) is 9.84 Å². The Morgan fingerprint density at radius 1 is 1.00 bits per heavy atom. The summed E-state index contributed by atoms with van der Waals surface area (Å²) < 4.78 is 35.4. The van der Waals surface area contributed by atoms with E-state index in [0.29, 0.717) is 17.1 Å². The fraction of sp³-hybridized carbons (Fsp3) is 0.278. The highest BCUT2D eigenvalue weighted by Gasteiger charge is 2.40. The lowest BCUT2D eigenvalue weighted by molar-refractivity contribution is 0.0658. The molecule has 0 saturated carbocycles. The van der Waals surface area contributed by atoms with Crippen LogP contribution in [0.5, 0.6) is 11.5 Å². The van der Waals surface area contributed by atoms with Crippen LogP contribution in [0.25, 0.3) is 0 Å². The number of carbonyl (C=O) groups is 1. The molecule has 1 aliphatic rings. The Hall–Kier alpha value is -2.54. The lowest BCUT2D eigenvalue weighted by Gasteiger charge is -2.38. The number of hydrogen-bond donors (Lipinski definition) is 0. The van der Waals surface area contributed by atoms with Gasteiger partial charge in [-0.1, -0.05) is 6.07 Å². The molecule has 25 heavy (non-hydrogen) atoms. The molecule has 7 heteroatoms. The van der Waals surface area contributed by atoms with Gasteiger partial charge in [0.1, 0.15) is 16.7 Å². The number of hydrogen-bond acceptors (Lipinski definition) is 5. The molecule has 0 aromatic heterocycles. The fourth-order valence-electron chi connectivity index (χ4n) is 2.70. The number of amides is 1. The zero-order chi connectivity index (χ0) is 18.0. The van der Waals surface area contributed by atoms with Crippen molar-refractivity contribution in [2.75, 3.05) is 27.3 Å². The first-order chi connectivity index (χ1) is 12.0. The maximum atomic E-state index is 12.6. The van der Waals surface area contributed by atoms with E-state index < -0.39 is 15.1 Å². The maximum absolute atomic E-state index is 12.6. The van der Waals surface area contributed by atoms with E-state index in [4.69, 9.17) is 9.47 Å². The van der Waals surface area contributed by atoms with Gasteiger partial charge in [-0.25, -0.2) is 8.42 Å². The first kappa shape index (κ1) is 17.3. The van der Waals surface area contributed by atoms with E-state index in [-0.39, 0.29) is 23.9 Å². The van der Waals surface area contributed by atoms with Crippen molar-refractivity contribution >= 4 is 15.7 Å². The first-order valence-electron chi connectivity index (χ1n) is 7.77. The standard InChI is InChI=1S/C18H19NO5S/c1-23-14-6-8-16(9-7-14)25(21,22)17-11-19(12-17)18(20)13-4-3-5-15(10-13)24-2/h3-10,17H,11-12H2,1-2H3. The highest BCUT2D eigenvalue weighted by Crippen LogP contribution is 2.27. The first-order valence-corrected chi connectivity index (χ1v) is 9.31. The SMILES string of the molecule is COc1ccc(S(=O)(=O)C2CN(C(=O)c3cccc(OC)c3)C2)cc1. The second kappa shape index (κ2) is 6.76. The molecule has 1 saturated heterocycles. The molecule has 0 aliphatic carbocycles. The second-order valence-electron chi connectivity index (χ2n) is 5.78. The topological polar surface area (TPSA) is 72.9 Å². The van der Waals surface area contributed by atoms with Gasteiger partial charge in [-0.2, -0.15) is 0 Å². The van der Waals surface area contributed by atoms with Crippen molar-refractivity contribution in [2.45, 2.75) is 10.1 Å². The number of methoxy groups -OCH3 is 2. The number of carbonyl (C=O) groups excluding carboxylic acids is 1. The molecule has 0 atom stereocenters. The van der Waals surface area contributed by atoms with Crippen molar-refractivity contribution in [3.63, 3.8) is 0 Å². The van der Waals surface area contributed by atoms with Gasteiger partial charge in [0, 0.05) is 18.7 Å². The average Bonchev–Trinajstić information content (AvgIpc) is 2.60. The van der Waals surface area contributed by atoms with E-state index in [1.807, 2.05) is 0 Å². The molecule has 0 spiro atoms. The Labute approximate surface area is 146 Å². The molecule has 2 aromatic carbocycles. The van der Waals surface area contributed by atoms with E-state index >= 15 is 0 Å². The van der Waals surface area contributed by atoms with E-state index in [9.17, 15) is 13.2 Å². The summed E-state index contributed by atoms with van der Waals surface area (Å²) in [6, 6.07) is 13.1. The average molecular weight is 361 g/mol. The molecule has 6 nitrogen and oxygen atoms in total. The molecule has 0 radical (unpaired) electrons. The number of nitrogens with zero attached hydrogens (tertiary/aromatic N) is 1. The van der Waals surface area contributed by atoms with Crippen molar-refractivity contribution in [2.24, 2.45) is 0 Å². The molecular formula is C18H19NO5S. The Morgan fingerprint density at radius 3 is 2.24 bits per heavy atom. The van der Waals surface area contributed by atoms with Gasteiger partial charge >= 0.3 is 0 Å². The van der Waals surface area contributed by atoms with Gasteiger partial charge in [0.25, 0.3) is 5.91 Å². The number of benzene rings is 2. The summed E-state index contributed by atoms with van der Waals surface area (Å²) >= 11 is 0. The predicted octanol–water partition coefficient (Wildman–Crippen LogP) is 2.00. The van der Waals surface area contributed by atoms with Crippen LogP contribution in [0.1, 0.15) is 10.4 Å². The highest BCUT2D eigenvalue weighted by molar-refractivity contribution is 7.92. The van der Waals surface area contributed by atoms with Crippen LogP contribution in [-0.4, -0.2) is 51.8 Å². The quantitative estimate of drug-likeness (QED) is 0.814. The molecule has 3 rings (SSSR count). The summed E-state index contributed by atoms with van der Waals surface area (Å²) in [7, 11) is -0.405. The van der Waals surface area contributed by atoms with Crippen LogP contribution in [0.3, 0.4) is 0 Å². The molecule has 1 heterocycles. The molecule has 132 valence electrons. The molecular weight excluding hydrogens is 342 g/mol. The van der Waals surface area contributed by atoms with E-state index in [1.165, 1.54) is 31.3 Å². The van der Waals surface area contributed by atoms with Crippen molar-refractivity contribution in [3.8, 4) is 11.5 Å². The predicted molar refractivity (Wildman–Crippen MR) is 92.9 cm³/mol. The third-order valence-corrected chi connectivity index (χ3v) is 6.38. The van der Waals surface area contributed by atoms with Crippen LogP contribution in [0.2, 0.25) is 0 Å². The van der Waals surface area contributed by atoms with Gasteiger partial charge < -0.3 is 14.4 Å². The molecule has 0 bridgehead atoms. The van der Waals surface area contributed by atoms with Crippen LogP contribution >= 0.6 is 0 Å². The molecule has 1 amide bonds. The van der Waals surface area contributed by atoms with Gasteiger partial charge in [-0.05, 0) is 42.5 Å². The Kier molecular flexibility index (Phi) is 4.67. The molecule has 0 N–H and O–H groups in total. The van der Waals surface area contributed by atoms with Gasteiger partial charge in [0.05, 0.1) is 19.1 Å². The van der Waals surface area contributed by atoms with E-state index in [2.05, 4.69) is 0 Å². The van der Waals surface area contributed by atoms with Crippen LogP contribution in [-0.2, 0) is 9.84 Å². The third-order valence-electron chi connectivity index (χ3n) is 4.28. The van der Waals surface area contributed by atoms with Crippen LogP contribution < -0.4 is 9.47 Å². The summed E-state index contributed by atoms with van der Waals surface area (Å²) in [4.78, 5) is 14.2. The maximum Gasteiger partial charge on any atom is 0.254 e. The Morgan fingerprint density at radius 2 is 1.64 bits per heavy atom. The summed E-state index contributed by atoms with van der Waals surface area (Å²) in [6.07, 6.45) is 0. The lowest BCUT2D eigenvalue weighted by Crippen LogP contribution is -2.56. The summed E-state index contributed by atoms with van der Waals surface area (Å²) in [5, 5.41) is -0.588. The van der Waals surface area contributed by atoms with Crippen LogP contribution in [0, 0.1) is 0 Å². The number of likely N-dealkylation sites (tertiary alicyclic amines) is 1. The van der Waals surface area contributed by atoms with Gasteiger partial charge in [-0.15, -0.1) is 0 Å². The summed E-state index contributed by atoms with van der Waals surface area (Å²) in [5.74, 6) is 0.997. The monoisotopic (exact) mass is 361 g/mol. The normalized spacial score (nSPS) is 14.7. The highest BCUT2D eigenvalue weighted by atomic mass is 32.2. The molecule has 1 aliphatic heterocycles. The van der Waals surface area contributed by atoms with Crippen molar-refractivity contribution in [1.82, 2.24) is 4.90 Å². The number of rotatable bonds is 5. The molecule has 1 fully saturated rings. The molecule has 0 unspecified atom stereocenters. The fourth-order valence-corrected chi connectivity index (χ4v) is 4.35. The minimum absolute atomic E-state index is 0.185. The zero-order valence-corrected chi connectivity index (χ0v) is 14.8. The summed E-state index contributed by atoms with van der Waals surface area (Å²) in [5.41, 5.74) is 0.486. The van der Waals surface area contributed by atoms with Crippen molar-refractivity contribution in [3.05, 3.63) is 54.1 Å². The largest absolute Gasteiger partial charge is 0.497 e. The lowest BCUT2D eigenvalue weighted by atomic mass is 10.1. The minimum Gasteiger partial charge on any atom is -0.497 e. The van der Waals surface area contributed by atoms with Crippen molar-refractivity contribution < 1.29 is 22.7 Å². The second-order valence-corrected chi connectivity index (χ2v) is 8.01. The molecule has 2 aromatic rings. The Balaban J connectivity index is 1.69. The van der Waals surface area contributed by atoms with Gasteiger partial charge in [0.2, 0.25) is 0 Å². The van der Waals surface area contributed by atoms with Crippen molar-refractivity contribution in [1.29, 1.82) is 0 Å². The van der Waals surface area contributed by atoms with Crippen LogP contribution in [0.15, 0.2) is 53.4 Å². The summed E-state index contributed by atoms with van der Waals surface area (Å²) in [6.45, 7) is 0.370. The van der Waals surface area contributed by atoms with Gasteiger partial charge in [-0.3, -0.25) is 4.79 Å². The Bertz CT molecular complexity index is 871.